The molecule has 0 fully saturated rings. The average molecular weight is 288 g/mol. The highest BCUT2D eigenvalue weighted by Gasteiger charge is 2.29. The first-order chi connectivity index (χ1) is 9.44. The molecule has 0 aromatic carbocycles. The van der Waals surface area contributed by atoms with Crippen LogP contribution in [0.15, 0.2) is 18.2 Å². The number of fused-ring (bicyclic) bond motifs is 1. The molecular weight excluding hydrogens is 270 g/mol. The topological polar surface area (TPSA) is 38.7 Å². The van der Waals surface area contributed by atoms with Gasteiger partial charge in [0.05, 0.1) is 0 Å². The summed E-state index contributed by atoms with van der Waals surface area (Å²) in [5.41, 5.74) is 4.23. The summed E-state index contributed by atoms with van der Waals surface area (Å²) >= 11 is 6.39. The summed E-state index contributed by atoms with van der Waals surface area (Å²) in [6, 6.07) is 5.86. The Kier molecular flexibility index (Phi) is 3.25. The van der Waals surface area contributed by atoms with Gasteiger partial charge in [-0.15, -0.1) is 0 Å². The minimum Gasteiger partial charge on any atom is -0.250 e. The van der Waals surface area contributed by atoms with Crippen molar-refractivity contribution in [1.29, 1.82) is 0 Å². The van der Waals surface area contributed by atoms with E-state index < -0.39 is 0 Å². The van der Waals surface area contributed by atoms with E-state index in [4.69, 9.17) is 16.6 Å². The maximum atomic E-state index is 6.39. The average Bonchev–Trinajstić information content (AvgIpc) is 2.39. The van der Waals surface area contributed by atoms with Gasteiger partial charge in [0.15, 0.2) is 5.82 Å². The molecule has 1 aliphatic carbocycles. The Bertz CT molecular complexity index is 665. The summed E-state index contributed by atoms with van der Waals surface area (Å²) in [5.74, 6) is 0.636. The van der Waals surface area contributed by atoms with Crippen LogP contribution in [0.4, 0.5) is 0 Å². The summed E-state index contributed by atoms with van der Waals surface area (Å²) < 4.78 is 0. The van der Waals surface area contributed by atoms with E-state index in [-0.39, 0.29) is 5.41 Å². The van der Waals surface area contributed by atoms with Crippen molar-refractivity contribution < 1.29 is 0 Å². The fourth-order valence-electron chi connectivity index (χ4n) is 2.69. The van der Waals surface area contributed by atoms with Gasteiger partial charge in [-0.25, -0.2) is 15.0 Å². The lowest BCUT2D eigenvalue weighted by Gasteiger charge is -2.30. The molecule has 0 aliphatic heterocycles. The number of halogens is 1. The van der Waals surface area contributed by atoms with Crippen LogP contribution >= 0.6 is 11.6 Å². The lowest BCUT2D eigenvalue weighted by Crippen LogP contribution is -2.24. The third-order valence-corrected chi connectivity index (χ3v) is 4.17. The molecule has 0 atom stereocenters. The molecule has 3 rings (SSSR count). The van der Waals surface area contributed by atoms with Crippen molar-refractivity contribution in [2.45, 2.75) is 40.0 Å². The van der Waals surface area contributed by atoms with Crippen molar-refractivity contribution in [1.82, 2.24) is 15.0 Å². The molecule has 2 aromatic rings. The van der Waals surface area contributed by atoms with E-state index in [1.165, 1.54) is 0 Å². The molecule has 0 saturated heterocycles. The third kappa shape index (κ3) is 2.55. The highest BCUT2D eigenvalue weighted by Crippen LogP contribution is 2.37. The highest BCUT2D eigenvalue weighted by atomic mass is 35.5. The Morgan fingerprint density at radius 1 is 1.15 bits per heavy atom. The minimum atomic E-state index is 0.281. The summed E-state index contributed by atoms with van der Waals surface area (Å²) in [4.78, 5) is 13.6. The standard InChI is InChI=1S/C16H18ClN3/c1-10-5-4-6-13(18-10)15-19-12-7-8-16(2,3)9-11(12)14(17)20-15/h4-6H,7-9H2,1-3H3. The second-order valence-corrected chi connectivity index (χ2v) is 6.63. The summed E-state index contributed by atoms with van der Waals surface area (Å²) in [6.07, 6.45) is 3.04. The molecule has 20 heavy (non-hydrogen) atoms. The Labute approximate surface area is 124 Å². The van der Waals surface area contributed by atoms with Crippen LogP contribution in [0.3, 0.4) is 0 Å². The monoisotopic (exact) mass is 287 g/mol. The molecule has 0 amide bonds. The van der Waals surface area contributed by atoms with Crippen LogP contribution in [0.1, 0.15) is 37.2 Å². The van der Waals surface area contributed by atoms with E-state index >= 15 is 0 Å². The predicted octanol–water partition coefficient (Wildman–Crippen LogP) is 4.02. The fourth-order valence-corrected chi connectivity index (χ4v) is 2.94. The number of rotatable bonds is 1. The zero-order chi connectivity index (χ0) is 14.3. The molecule has 0 saturated carbocycles. The molecule has 2 heterocycles. The summed E-state index contributed by atoms with van der Waals surface area (Å²) in [7, 11) is 0. The first kappa shape index (κ1) is 13.5. The van der Waals surface area contributed by atoms with Crippen molar-refractivity contribution in [3.05, 3.63) is 40.3 Å². The van der Waals surface area contributed by atoms with Crippen molar-refractivity contribution in [3.63, 3.8) is 0 Å². The van der Waals surface area contributed by atoms with E-state index in [2.05, 4.69) is 23.8 Å². The van der Waals surface area contributed by atoms with Crippen LogP contribution in [-0.2, 0) is 12.8 Å². The van der Waals surface area contributed by atoms with Gasteiger partial charge in [-0.3, -0.25) is 0 Å². The minimum absolute atomic E-state index is 0.281. The number of aromatic nitrogens is 3. The summed E-state index contributed by atoms with van der Waals surface area (Å²) in [6.45, 7) is 6.50. The summed E-state index contributed by atoms with van der Waals surface area (Å²) in [5, 5.41) is 0.584. The van der Waals surface area contributed by atoms with Crippen molar-refractivity contribution in [3.8, 4) is 11.5 Å². The zero-order valence-corrected chi connectivity index (χ0v) is 12.8. The van der Waals surface area contributed by atoms with Crippen LogP contribution in [0.2, 0.25) is 5.15 Å². The van der Waals surface area contributed by atoms with E-state index in [1.807, 2.05) is 25.1 Å². The molecule has 0 bridgehead atoms. The maximum absolute atomic E-state index is 6.39. The lowest BCUT2D eigenvalue weighted by molar-refractivity contribution is 0.312. The van der Waals surface area contributed by atoms with E-state index in [0.29, 0.717) is 11.0 Å². The van der Waals surface area contributed by atoms with Gasteiger partial charge in [0, 0.05) is 17.0 Å². The first-order valence-electron chi connectivity index (χ1n) is 6.94. The second-order valence-electron chi connectivity index (χ2n) is 6.27. The van der Waals surface area contributed by atoms with Crippen molar-refractivity contribution in [2.24, 2.45) is 5.41 Å². The molecule has 1 aliphatic rings. The number of nitrogens with zero attached hydrogens (tertiary/aromatic N) is 3. The number of hydrogen-bond acceptors (Lipinski definition) is 3. The Morgan fingerprint density at radius 2 is 1.95 bits per heavy atom. The van der Waals surface area contributed by atoms with Crippen molar-refractivity contribution in [2.75, 3.05) is 0 Å². The molecular formula is C16H18ClN3. The Hall–Kier alpha value is -1.48. The highest BCUT2D eigenvalue weighted by molar-refractivity contribution is 6.30. The number of hydrogen-bond donors (Lipinski definition) is 0. The van der Waals surface area contributed by atoms with Gasteiger partial charge in [-0.1, -0.05) is 31.5 Å². The van der Waals surface area contributed by atoms with Crippen LogP contribution < -0.4 is 0 Å². The Balaban J connectivity index is 2.07. The molecule has 3 nitrogen and oxygen atoms in total. The van der Waals surface area contributed by atoms with Gasteiger partial charge in [-0.2, -0.15) is 0 Å². The molecule has 0 unspecified atom stereocenters. The van der Waals surface area contributed by atoms with Gasteiger partial charge in [0.2, 0.25) is 0 Å². The van der Waals surface area contributed by atoms with Gasteiger partial charge in [0.25, 0.3) is 0 Å². The smallest absolute Gasteiger partial charge is 0.179 e. The molecule has 2 aromatic heterocycles. The van der Waals surface area contributed by atoms with Gasteiger partial charge < -0.3 is 0 Å². The largest absolute Gasteiger partial charge is 0.250 e. The van der Waals surface area contributed by atoms with Crippen LogP contribution in [0.5, 0.6) is 0 Å². The molecule has 4 heteroatoms. The third-order valence-electron chi connectivity index (χ3n) is 3.85. The quantitative estimate of drug-likeness (QED) is 0.744. The van der Waals surface area contributed by atoms with Gasteiger partial charge in [-0.05, 0) is 43.7 Å². The fraction of sp³-hybridized carbons (Fsp3) is 0.438. The van der Waals surface area contributed by atoms with Gasteiger partial charge in [0.1, 0.15) is 10.8 Å². The maximum Gasteiger partial charge on any atom is 0.179 e. The molecule has 0 N–H and O–H groups in total. The predicted molar refractivity (Wildman–Crippen MR) is 80.8 cm³/mol. The van der Waals surface area contributed by atoms with E-state index in [1.54, 1.807) is 0 Å². The molecule has 0 radical (unpaired) electrons. The SMILES string of the molecule is Cc1cccc(-c2nc(Cl)c3c(n2)CCC(C)(C)C3)n1. The van der Waals surface area contributed by atoms with E-state index in [0.717, 1.165) is 41.9 Å². The second kappa shape index (κ2) is 4.81. The number of aryl methyl sites for hydroxylation is 2. The lowest BCUT2D eigenvalue weighted by atomic mass is 9.76. The number of pyridine rings is 1. The Morgan fingerprint density at radius 3 is 2.70 bits per heavy atom. The van der Waals surface area contributed by atoms with Crippen LogP contribution in [0.25, 0.3) is 11.5 Å². The molecule has 104 valence electrons. The van der Waals surface area contributed by atoms with Crippen molar-refractivity contribution >= 4 is 11.6 Å². The molecule has 0 spiro atoms. The first-order valence-corrected chi connectivity index (χ1v) is 7.32. The normalized spacial score (nSPS) is 16.8. The van der Waals surface area contributed by atoms with Gasteiger partial charge >= 0.3 is 0 Å². The van der Waals surface area contributed by atoms with Crippen LogP contribution in [-0.4, -0.2) is 15.0 Å². The van der Waals surface area contributed by atoms with Crippen LogP contribution in [0, 0.1) is 12.3 Å². The zero-order valence-electron chi connectivity index (χ0n) is 12.1. The van der Waals surface area contributed by atoms with E-state index in [9.17, 15) is 0 Å².